The molecular weight excluding hydrogens is 200 g/mol. The minimum Gasteiger partial charge on any atom is -0.493 e. The quantitative estimate of drug-likeness (QED) is 0.732. The van der Waals surface area contributed by atoms with Gasteiger partial charge in [0, 0.05) is 0 Å². The van der Waals surface area contributed by atoms with Crippen LogP contribution in [0.25, 0.3) is 0 Å². The number of methoxy groups -OCH3 is 2. The van der Waals surface area contributed by atoms with Crippen molar-refractivity contribution in [1.82, 2.24) is 0 Å². The Labute approximate surface area is 98.6 Å². The van der Waals surface area contributed by atoms with Crippen LogP contribution >= 0.6 is 0 Å². The average molecular weight is 222 g/mol. The highest BCUT2D eigenvalue weighted by Crippen LogP contribution is 2.31. The molecule has 1 aromatic carbocycles. The van der Waals surface area contributed by atoms with Crippen LogP contribution in [0.1, 0.15) is 37.8 Å². The molecule has 2 nitrogen and oxygen atoms in total. The maximum Gasteiger partial charge on any atom is 0.161 e. The summed E-state index contributed by atoms with van der Waals surface area (Å²) in [6, 6.07) is 4.24. The summed E-state index contributed by atoms with van der Waals surface area (Å²) in [5.74, 6) is 1.68. The van der Waals surface area contributed by atoms with Gasteiger partial charge < -0.3 is 9.47 Å². The minimum atomic E-state index is 0.839. The summed E-state index contributed by atoms with van der Waals surface area (Å²) in [6.07, 6.45) is 4.53. The van der Waals surface area contributed by atoms with Gasteiger partial charge in [-0.2, -0.15) is 0 Å². The molecule has 0 aliphatic carbocycles. The maximum atomic E-state index is 5.33. The topological polar surface area (TPSA) is 18.5 Å². The van der Waals surface area contributed by atoms with Crippen molar-refractivity contribution in [3.05, 3.63) is 23.3 Å². The van der Waals surface area contributed by atoms with E-state index in [1.165, 1.54) is 11.1 Å². The first-order valence-electron chi connectivity index (χ1n) is 6.00. The van der Waals surface area contributed by atoms with Crippen LogP contribution in [0.2, 0.25) is 0 Å². The van der Waals surface area contributed by atoms with E-state index < -0.39 is 0 Å². The summed E-state index contributed by atoms with van der Waals surface area (Å²) in [5, 5.41) is 0. The second-order valence-corrected chi connectivity index (χ2v) is 3.98. The van der Waals surface area contributed by atoms with E-state index in [2.05, 4.69) is 26.0 Å². The van der Waals surface area contributed by atoms with Crippen molar-refractivity contribution >= 4 is 0 Å². The van der Waals surface area contributed by atoms with Crippen molar-refractivity contribution in [2.75, 3.05) is 14.2 Å². The molecule has 2 heteroatoms. The average Bonchev–Trinajstić information content (AvgIpc) is 2.31. The Balaban J connectivity index is 3.12. The molecular formula is C14H22O2. The highest BCUT2D eigenvalue weighted by molar-refractivity contribution is 5.47. The van der Waals surface area contributed by atoms with Gasteiger partial charge in [0.2, 0.25) is 0 Å². The molecule has 1 rings (SSSR count). The van der Waals surface area contributed by atoms with Crippen molar-refractivity contribution in [3.63, 3.8) is 0 Å². The molecule has 90 valence electrons. The van der Waals surface area contributed by atoms with E-state index in [4.69, 9.17) is 9.47 Å². The van der Waals surface area contributed by atoms with Crippen LogP contribution in [0.15, 0.2) is 12.1 Å². The maximum absolute atomic E-state index is 5.33. The van der Waals surface area contributed by atoms with Crippen LogP contribution < -0.4 is 9.47 Å². The molecule has 0 N–H and O–H groups in total. The predicted molar refractivity (Wildman–Crippen MR) is 67.5 cm³/mol. The molecule has 0 atom stereocenters. The van der Waals surface area contributed by atoms with Gasteiger partial charge in [0.1, 0.15) is 0 Å². The molecule has 0 radical (unpaired) electrons. The van der Waals surface area contributed by atoms with Crippen LogP contribution in [0.5, 0.6) is 11.5 Å². The van der Waals surface area contributed by atoms with Gasteiger partial charge in [-0.25, -0.2) is 0 Å². The predicted octanol–water partition coefficient (Wildman–Crippen LogP) is 3.61. The lowest BCUT2D eigenvalue weighted by molar-refractivity contribution is 0.354. The Kier molecular flexibility index (Phi) is 5.17. The lowest BCUT2D eigenvalue weighted by Gasteiger charge is -2.14. The van der Waals surface area contributed by atoms with Gasteiger partial charge in [-0.1, -0.05) is 26.7 Å². The molecule has 0 aliphatic rings. The van der Waals surface area contributed by atoms with Gasteiger partial charge in [0.25, 0.3) is 0 Å². The summed E-state index contributed by atoms with van der Waals surface area (Å²) in [4.78, 5) is 0. The van der Waals surface area contributed by atoms with Gasteiger partial charge in [0.15, 0.2) is 11.5 Å². The van der Waals surface area contributed by atoms with Gasteiger partial charge >= 0.3 is 0 Å². The van der Waals surface area contributed by atoms with Crippen molar-refractivity contribution in [2.24, 2.45) is 0 Å². The van der Waals surface area contributed by atoms with Crippen molar-refractivity contribution in [2.45, 2.75) is 39.5 Å². The van der Waals surface area contributed by atoms with Crippen LogP contribution in [0.3, 0.4) is 0 Å². The third-order valence-electron chi connectivity index (χ3n) is 2.74. The Morgan fingerprint density at radius 2 is 1.19 bits per heavy atom. The summed E-state index contributed by atoms with van der Waals surface area (Å²) >= 11 is 0. The van der Waals surface area contributed by atoms with Crippen molar-refractivity contribution in [1.29, 1.82) is 0 Å². The standard InChI is InChI=1S/C14H22O2/c1-5-7-11-9-13(15-3)14(16-4)10-12(11)8-6-2/h9-10H,5-8H2,1-4H3. The highest BCUT2D eigenvalue weighted by atomic mass is 16.5. The Morgan fingerprint density at radius 1 is 0.812 bits per heavy atom. The molecule has 0 aromatic heterocycles. The van der Waals surface area contributed by atoms with E-state index in [0.717, 1.165) is 37.2 Å². The van der Waals surface area contributed by atoms with E-state index >= 15 is 0 Å². The number of aryl methyl sites for hydroxylation is 2. The minimum absolute atomic E-state index is 0.839. The molecule has 0 saturated heterocycles. The second kappa shape index (κ2) is 6.41. The number of ether oxygens (including phenoxy) is 2. The number of benzene rings is 1. The fourth-order valence-electron chi connectivity index (χ4n) is 1.97. The van der Waals surface area contributed by atoms with Gasteiger partial charge in [-0.3, -0.25) is 0 Å². The fraction of sp³-hybridized carbons (Fsp3) is 0.571. The van der Waals surface area contributed by atoms with Crippen LogP contribution in [0, 0.1) is 0 Å². The lowest BCUT2D eigenvalue weighted by Crippen LogP contribution is -1.98. The van der Waals surface area contributed by atoms with E-state index in [0.29, 0.717) is 0 Å². The van der Waals surface area contributed by atoms with Gasteiger partial charge in [-0.05, 0) is 36.1 Å². The second-order valence-electron chi connectivity index (χ2n) is 3.98. The summed E-state index contributed by atoms with van der Waals surface area (Å²) in [6.45, 7) is 4.40. The number of hydrogen-bond acceptors (Lipinski definition) is 2. The molecule has 1 aromatic rings. The largest absolute Gasteiger partial charge is 0.493 e. The van der Waals surface area contributed by atoms with Gasteiger partial charge in [0.05, 0.1) is 14.2 Å². The van der Waals surface area contributed by atoms with E-state index in [1.807, 2.05) is 0 Å². The molecule has 0 unspecified atom stereocenters. The van der Waals surface area contributed by atoms with Crippen LogP contribution in [-0.2, 0) is 12.8 Å². The Morgan fingerprint density at radius 3 is 1.44 bits per heavy atom. The lowest BCUT2D eigenvalue weighted by atomic mass is 9.99. The molecule has 0 saturated carbocycles. The zero-order valence-corrected chi connectivity index (χ0v) is 10.8. The van der Waals surface area contributed by atoms with Crippen molar-refractivity contribution < 1.29 is 9.47 Å². The number of hydrogen-bond donors (Lipinski definition) is 0. The molecule has 0 amide bonds. The summed E-state index contributed by atoms with van der Waals surface area (Å²) in [5.41, 5.74) is 2.78. The van der Waals surface area contributed by atoms with Crippen molar-refractivity contribution in [3.8, 4) is 11.5 Å². The smallest absolute Gasteiger partial charge is 0.161 e. The summed E-state index contributed by atoms with van der Waals surface area (Å²) < 4.78 is 10.7. The fourth-order valence-corrected chi connectivity index (χ4v) is 1.97. The van der Waals surface area contributed by atoms with E-state index in [-0.39, 0.29) is 0 Å². The van der Waals surface area contributed by atoms with Crippen LogP contribution in [-0.4, -0.2) is 14.2 Å². The van der Waals surface area contributed by atoms with E-state index in [1.54, 1.807) is 14.2 Å². The zero-order chi connectivity index (χ0) is 12.0. The zero-order valence-electron chi connectivity index (χ0n) is 10.8. The monoisotopic (exact) mass is 222 g/mol. The molecule has 16 heavy (non-hydrogen) atoms. The first-order chi connectivity index (χ1) is 7.76. The first kappa shape index (κ1) is 12.9. The third kappa shape index (κ3) is 2.91. The summed E-state index contributed by atoms with van der Waals surface area (Å²) in [7, 11) is 3.38. The van der Waals surface area contributed by atoms with Crippen LogP contribution in [0.4, 0.5) is 0 Å². The molecule has 0 spiro atoms. The molecule has 0 fully saturated rings. The molecule has 0 aliphatic heterocycles. The van der Waals surface area contributed by atoms with Gasteiger partial charge in [-0.15, -0.1) is 0 Å². The third-order valence-corrected chi connectivity index (χ3v) is 2.74. The SMILES string of the molecule is CCCc1cc(OC)c(OC)cc1CCC. The van der Waals surface area contributed by atoms with E-state index in [9.17, 15) is 0 Å². The normalized spacial score (nSPS) is 10.2. The Bertz CT molecular complexity index is 299. The highest BCUT2D eigenvalue weighted by Gasteiger charge is 2.09. The first-order valence-corrected chi connectivity index (χ1v) is 6.00. The Hall–Kier alpha value is -1.18. The molecule has 0 heterocycles. The number of rotatable bonds is 6. The molecule has 0 bridgehead atoms.